The summed E-state index contributed by atoms with van der Waals surface area (Å²) in [6, 6.07) is 8.33. The molecule has 1 aromatic heterocycles. The van der Waals surface area contributed by atoms with Crippen LogP contribution in [-0.4, -0.2) is 27.1 Å². The van der Waals surface area contributed by atoms with Gasteiger partial charge in [-0.05, 0) is 29.5 Å². The molecule has 2 N–H and O–H groups in total. The predicted octanol–water partition coefficient (Wildman–Crippen LogP) is 3.91. The van der Waals surface area contributed by atoms with Crippen LogP contribution in [-0.2, 0) is 12.0 Å². The topological polar surface area (TPSA) is 66.0 Å². The van der Waals surface area contributed by atoms with E-state index < -0.39 is 0 Å². The first-order valence-electron chi connectivity index (χ1n) is 8.07. The summed E-state index contributed by atoms with van der Waals surface area (Å²) in [6.45, 7) is 11.6. The summed E-state index contributed by atoms with van der Waals surface area (Å²) in [6.07, 6.45) is 2.71. The van der Waals surface area contributed by atoms with E-state index in [1.54, 1.807) is 17.8 Å². The van der Waals surface area contributed by atoms with Crippen LogP contribution in [0.15, 0.2) is 42.1 Å². The second-order valence-corrected chi connectivity index (χ2v) is 7.63. The SMILES string of the molecule is C=CCn1c(N)nnc1SCCCOc1ccc(C(C)(C)C)cc1. The Balaban J connectivity index is 1.74. The van der Waals surface area contributed by atoms with Gasteiger partial charge in [-0.15, -0.1) is 16.8 Å². The minimum Gasteiger partial charge on any atom is -0.494 e. The molecular weight excluding hydrogens is 320 g/mol. The first kappa shape index (κ1) is 18.4. The van der Waals surface area contributed by atoms with Crippen molar-refractivity contribution in [1.82, 2.24) is 14.8 Å². The van der Waals surface area contributed by atoms with Gasteiger partial charge in [0.05, 0.1) is 6.61 Å². The van der Waals surface area contributed by atoms with E-state index in [4.69, 9.17) is 10.5 Å². The largest absolute Gasteiger partial charge is 0.494 e. The molecule has 2 aromatic rings. The molecule has 5 nitrogen and oxygen atoms in total. The van der Waals surface area contributed by atoms with Crippen LogP contribution in [0.3, 0.4) is 0 Å². The number of thioether (sulfide) groups is 1. The Bertz CT molecular complexity index is 659. The lowest BCUT2D eigenvalue weighted by Gasteiger charge is -2.19. The molecule has 0 atom stereocenters. The third-order valence-electron chi connectivity index (χ3n) is 3.57. The predicted molar refractivity (Wildman–Crippen MR) is 101 cm³/mol. The third kappa shape index (κ3) is 5.03. The van der Waals surface area contributed by atoms with Crippen LogP contribution in [0, 0.1) is 0 Å². The van der Waals surface area contributed by atoms with Gasteiger partial charge >= 0.3 is 0 Å². The number of allylic oxidation sites excluding steroid dienone is 1. The van der Waals surface area contributed by atoms with Gasteiger partial charge < -0.3 is 10.5 Å². The van der Waals surface area contributed by atoms with Gasteiger partial charge in [-0.3, -0.25) is 4.57 Å². The lowest BCUT2D eigenvalue weighted by atomic mass is 9.87. The number of hydrogen-bond donors (Lipinski definition) is 1. The summed E-state index contributed by atoms with van der Waals surface area (Å²) in [4.78, 5) is 0. The molecule has 0 saturated heterocycles. The fourth-order valence-electron chi connectivity index (χ4n) is 2.17. The maximum absolute atomic E-state index is 5.80. The second kappa shape index (κ2) is 8.24. The summed E-state index contributed by atoms with van der Waals surface area (Å²) < 4.78 is 7.65. The van der Waals surface area contributed by atoms with E-state index in [9.17, 15) is 0 Å². The number of anilines is 1. The van der Waals surface area contributed by atoms with Gasteiger partial charge in [0.25, 0.3) is 0 Å². The molecule has 0 saturated carbocycles. The number of nitrogens with zero attached hydrogens (tertiary/aromatic N) is 3. The summed E-state index contributed by atoms with van der Waals surface area (Å²) in [5, 5.41) is 8.81. The van der Waals surface area contributed by atoms with Crippen LogP contribution >= 0.6 is 11.8 Å². The van der Waals surface area contributed by atoms with E-state index in [1.165, 1.54) is 5.56 Å². The van der Waals surface area contributed by atoms with E-state index in [1.807, 2.05) is 16.7 Å². The highest BCUT2D eigenvalue weighted by molar-refractivity contribution is 7.99. The summed E-state index contributed by atoms with van der Waals surface area (Å²) >= 11 is 1.63. The smallest absolute Gasteiger partial charge is 0.222 e. The molecular formula is C18H26N4OS. The maximum atomic E-state index is 5.80. The zero-order valence-corrected chi connectivity index (χ0v) is 15.5. The minimum absolute atomic E-state index is 0.165. The number of hydrogen-bond acceptors (Lipinski definition) is 5. The molecule has 24 heavy (non-hydrogen) atoms. The van der Waals surface area contributed by atoms with Gasteiger partial charge in [0, 0.05) is 12.3 Å². The molecule has 0 radical (unpaired) electrons. The Labute approximate surface area is 148 Å². The Hall–Kier alpha value is -1.95. The van der Waals surface area contributed by atoms with Gasteiger partial charge in [-0.2, -0.15) is 0 Å². The number of nitrogens with two attached hydrogens (primary N) is 1. The van der Waals surface area contributed by atoms with Crippen LogP contribution in [0.4, 0.5) is 5.95 Å². The van der Waals surface area contributed by atoms with Gasteiger partial charge in [0.1, 0.15) is 5.75 Å². The van der Waals surface area contributed by atoms with Crippen molar-refractivity contribution in [2.45, 2.75) is 44.3 Å². The monoisotopic (exact) mass is 346 g/mol. The van der Waals surface area contributed by atoms with Crippen LogP contribution < -0.4 is 10.5 Å². The zero-order chi connectivity index (χ0) is 17.6. The first-order valence-corrected chi connectivity index (χ1v) is 9.06. The van der Waals surface area contributed by atoms with Crippen molar-refractivity contribution >= 4 is 17.7 Å². The van der Waals surface area contributed by atoms with Crippen molar-refractivity contribution in [3.63, 3.8) is 0 Å². The van der Waals surface area contributed by atoms with Gasteiger partial charge in [0.15, 0.2) is 5.16 Å². The Morgan fingerprint density at radius 3 is 2.58 bits per heavy atom. The fourth-order valence-corrected chi connectivity index (χ4v) is 3.04. The molecule has 6 heteroatoms. The van der Waals surface area contributed by atoms with Gasteiger partial charge in [-0.1, -0.05) is 50.7 Å². The van der Waals surface area contributed by atoms with Crippen molar-refractivity contribution in [3.05, 3.63) is 42.5 Å². The summed E-state index contributed by atoms with van der Waals surface area (Å²) in [7, 11) is 0. The fraction of sp³-hybridized carbons (Fsp3) is 0.444. The highest BCUT2D eigenvalue weighted by atomic mass is 32.2. The number of ether oxygens (including phenoxy) is 1. The van der Waals surface area contributed by atoms with Crippen molar-refractivity contribution in [1.29, 1.82) is 0 Å². The lowest BCUT2D eigenvalue weighted by molar-refractivity contribution is 0.318. The molecule has 0 aliphatic rings. The standard InChI is InChI=1S/C18H26N4OS/c1-5-11-22-16(19)20-21-17(22)24-13-6-12-23-15-9-7-14(8-10-15)18(2,3)4/h5,7-10H,1,6,11-13H2,2-4H3,(H2,19,20). The zero-order valence-electron chi connectivity index (χ0n) is 14.7. The van der Waals surface area contributed by atoms with Crippen molar-refractivity contribution < 1.29 is 4.74 Å². The van der Waals surface area contributed by atoms with Crippen molar-refractivity contribution in [2.24, 2.45) is 0 Å². The number of nitrogen functional groups attached to an aromatic ring is 1. The van der Waals surface area contributed by atoms with Crippen LogP contribution in [0.1, 0.15) is 32.8 Å². The van der Waals surface area contributed by atoms with E-state index in [2.05, 4.69) is 49.7 Å². The van der Waals surface area contributed by atoms with Gasteiger partial charge in [-0.25, -0.2) is 0 Å². The quantitative estimate of drug-likeness (QED) is 0.446. The third-order valence-corrected chi connectivity index (χ3v) is 4.62. The van der Waals surface area contributed by atoms with Crippen LogP contribution in [0.5, 0.6) is 5.75 Å². The summed E-state index contributed by atoms with van der Waals surface area (Å²) in [5.74, 6) is 2.23. The second-order valence-electron chi connectivity index (χ2n) is 6.56. The average molecular weight is 347 g/mol. The Kier molecular flexibility index (Phi) is 6.31. The minimum atomic E-state index is 0.165. The molecule has 0 spiro atoms. The maximum Gasteiger partial charge on any atom is 0.222 e. The highest BCUT2D eigenvalue weighted by Crippen LogP contribution is 2.24. The molecule has 0 aliphatic heterocycles. The molecule has 1 heterocycles. The van der Waals surface area contributed by atoms with E-state index in [-0.39, 0.29) is 5.41 Å². The highest BCUT2D eigenvalue weighted by Gasteiger charge is 2.13. The number of benzene rings is 1. The van der Waals surface area contributed by atoms with Crippen LogP contribution in [0.2, 0.25) is 0 Å². The first-order chi connectivity index (χ1) is 11.4. The molecule has 2 rings (SSSR count). The molecule has 0 bridgehead atoms. The average Bonchev–Trinajstić information content (AvgIpc) is 2.88. The molecule has 0 unspecified atom stereocenters. The number of rotatable bonds is 8. The van der Waals surface area contributed by atoms with Crippen molar-refractivity contribution in [2.75, 3.05) is 18.1 Å². The van der Waals surface area contributed by atoms with Crippen LogP contribution in [0.25, 0.3) is 0 Å². The Morgan fingerprint density at radius 1 is 1.25 bits per heavy atom. The molecule has 130 valence electrons. The lowest BCUT2D eigenvalue weighted by Crippen LogP contribution is -2.10. The molecule has 0 aliphatic carbocycles. The van der Waals surface area contributed by atoms with E-state index >= 15 is 0 Å². The normalized spacial score (nSPS) is 11.5. The van der Waals surface area contributed by atoms with E-state index in [0.29, 0.717) is 19.1 Å². The Morgan fingerprint density at radius 2 is 1.96 bits per heavy atom. The van der Waals surface area contributed by atoms with E-state index in [0.717, 1.165) is 23.1 Å². The molecule has 1 aromatic carbocycles. The molecule has 0 fully saturated rings. The van der Waals surface area contributed by atoms with Gasteiger partial charge in [0.2, 0.25) is 5.95 Å². The summed E-state index contributed by atoms with van der Waals surface area (Å²) in [5.41, 5.74) is 7.25. The number of aromatic nitrogens is 3. The molecule has 0 amide bonds. The van der Waals surface area contributed by atoms with Crippen molar-refractivity contribution in [3.8, 4) is 5.75 Å².